The number of anilines is 1. The predicted octanol–water partition coefficient (Wildman–Crippen LogP) is 4.86. The lowest BCUT2D eigenvalue weighted by molar-refractivity contribution is -0.185. The number of carbonyl (C=O) groups excluding carboxylic acids is 1. The topological polar surface area (TPSA) is 112 Å². The van der Waals surface area contributed by atoms with Crippen molar-refractivity contribution in [2.45, 2.75) is 31.9 Å². The largest absolute Gasteiger partial charge is 0.493 e. The molecule has 0 saturated heterocycles. The van der Waals surface area contributed by atoms with Crippen molar-refractivity contribution >= 4 is 22.8 Å². The fourth-order valence-electron chi connectivity index (χ4n) is 3.32. The van der Waals surface area contributed by atoms with Crippen LogP contribution in [0.15, 0.2) is 41.2 Å². The zero-order valence-corrected chi connectivity index (χ0v) is 20.1. The summed E-state index contributed by atoms with van der Waals surface area (Å²) in [5.41, 5.74) is -0.806. The van der Waals surface area contributed by atoms with Crippen LogP contribution in [-0.2, 0) is 16.6 Å². The van der Waals surface area contributed by atoms with Gasteiger partial charge in [-0.25, -0.2) is 9.37 Å². The summed E-state index contributed by atoms with van der Waals surface area (Å²) in [6.07, 6.45) is -2.29. The van der Waals surface area contributed by atoms with Crippen LogP contribution in [0.5, 0.6) is 11.5 Å². The van der Waals surface area contributed by atoms with Gasteiger partial charge in [0.05, 0.1) is 49.3 Å². The van der Waals surface area contributed by atoms with Crippen LogP contribution >= 0.6 is 0 Å². The number of rotatable bonds is 7. The second-order valence-electron chi connectivity index (χ2n) is 8.53. The Balaban J connectivity index is 1.49. The highest BCUT2D eigenvalue weighted by Crippen LogP contribution is 2.41. The molecule has 1 aromatic carbocycles. The average Bonchev–Trinajstić information content (AvgIpc) is 3.32. The summed E-state index contributed by atoms with van der Waals surface area (Å²) in [7, 11) is 2.99. The molecule has 0 spiro atoms. The van der Waals surface area contributed by atoms with E-state index in [1.165, 1.54) is 26.6 Å². The van der Waals surface area contributed by atoms with Crippen LogP contribution in [0.4, 0.5) is 23.4 Å². The molecule has 0 unspecified atom stereocenters. The van der Waals surface area contributed by atoms with Crippen molar-refractivity contribution < 1.29 is 36.4 Å². The standard InChI is InChI=1S/C24H21F4N5O4/c1-23(2,24(26,27)28)20-9-21(33-37-20)32-22(34)8-14-13(25)5-12(10-29-14)17-11-30-15-6-18(35-3)19(36-4)7-16(15)31-17/h5-7,9-11H,8H2,1-4H3,(H,32,33,34). The van der Waals surface area contributed by atoms with Crippen LogP contribution in [0, 0.1) is 5.82 Å². The van der Waals surface area contributed by atoms with Gasteiger partial charge in [-0.15, -0.1) is 0 Å². The number of benzene rings is 1. The molecule has 4 aromatic rings. The molecule has 0 saturated carbocycles. The number of hydrogen-bond donors (Lipinski definition) is 1. The van der Waals surface area contributed by atoms with Crippen molar-refractivity contribution in [3.8, 4) is 22.8 Å². The van der Waals surface area contributed by atoms with E-state index < -0.39 is 35.5 Å². The first kappa shape index (κ1) is 25.8. The van der Waals surface area contributed by atoms with E-state index in [1.54, 1.807) is 12.1 Å². The van der Waals surface area contributed by atoms with Crippen molar-refractivity contribution in [3.05, 3.63) is 53.9 Å². The van der Waals surface area contributed by atoms with Gasteiger partial charge in [0, 0.05) is 30.0 Å². The maximum Gasteiger partial charge on any atom is 0.401 e. The van der Waals surface area contributed by atoms with Crippen molar-refractivity contribution in [1.29, 1.82) is 0 Å². The minimum atomic E-state index is -4.59. The third kappa shape index (κ3) is 5.15. The number of halogens is 4. The molecule has 1 N–H and O–H groups in total. The maximum atomic E-state index is 14.8. The highest BCUT2D eigenvalue weighted by Gasteiger charge is 2.51. The Labute approximate surface area is 207 Å². The van der Waals surface area contributed by atoms with Crippen LogP contribution in [0.2, 0.25) is 0 Å². The summed E-state index contributed by atoms with van der Waals surface area (Å²) in [6, 6.07) is 5.43. The average molecular weight is 519 g/mol. The minimum Gasteiger partial charge on any atom is -0.493 e. The van der Waals surface area contributed by atoms with E-state index in [0.717, 1.165) is 26.0 Å². The van der Waals surface area contributed by atoms with Crippen LogP contribution in [0.3, 0.4) is 0 Å². The summed E-state index contributed by atoms with van der Waals surface area (Å²) in [4.78, 5) is 25.1. The third-order valence-corrected chi connectivity index (χ3v) is 5.69. The zero-order valence-electron chi connectivity index (χ0n) is 20.1. The van der Waals surface area contributed by atoms with E-state index in [0.29, 0.717) is 33.8 Å². The minimum absolute atomic E-state index is 0.180. The van der Waals surface area contributed by atoms with Gasteiger partial charge in [-0.2, -0.15) is 13.2 Å². The van der Waals surface area contributed by atoms with E-state index in [2.05, 4.69) is 25.4 Å². The number of nitrogens with one attached hydrogen (secondary N) is 1. The fraction of sp³-hybridized carbons (Fsp3) is 0.292. The Bertz CT molecular complexity index is 1470. The van der Waals surface area contributed by atoms with Crippen molar-refractivity contribution in [2.75, 3.05) is 19.5 Å². The van der Waals surface area contributed by atoms with Gasteiger partial charge < -0.3 is 19.3 Å². The monoisotopic (exact) mass is 519 g/mol. The molecule has 13 heteroatoms. The Morgan fingerprint density at radius 3 is 2.30 bits per heavy atom. The number of fused-ring (bicyclic) bond motifs is 1. The molecule has 4 rings (SSSR count). The number of alkyl halides is 3. The Kier molecular flexibility index (Phi) is 6.72. The number of carbonyl (C=O) groups is 1. The first-order chi connectivity index (χ1) is 17.4. The normalized spacial score (nSPS) is 12.0. The van der Waals surface area contributed by atoms with Gasteiger partial charge in [-0.05, 0) is 19.9 Å². The van der Waals surface area contributed by atoms with Crippen molar-refractivity contribution in [2.24, 2.45) is 0 Å². The van der Waals surface area contributed by atoms with E-state index in [9.17, 15) is 22.4 Å². The van der Waals surface area contributed by atoms with Gasteiger partial charge in [0.25, 0.3) is 0 Å². The van der Waals surface area contributed by atoms with E-state index in [4.69, 9.17) is 14.0 Å². The lowest BCUT2D eigenvalue weighted by Gasteiger charge is -2.24. The van der Waals surface area contributed by atoms with Gasteiger partial charge in [-0.1, -0.05) is 5.16 Å². The van der Waals surface area contributed by atoms with Crippen LogP contribution < -0.4 is 14.8 Å². The van der Waals surface area contributed by atoms with Crippen LogP contribution in [-0.4, -0.2) is 46.4 Å². The molecule has 3 aromatic heterocycles. The molecular formula is C24H21F4N5O4. The summed E-state index contributed by atoms with van der Waals surface area (Å²) >= 11 is 0. The SMILES string of the molecule is COc1cc2ncc(-c3cnc(CC(=O)Nc4cc(C(C)(C)C(F)(F)F)on4)c(F)c3)nc2cc1OC. The zero-order chi connectivity index (χ0) is 27.0. The summed E-state index contributed by atoms with van der Waals surface area (Å²) in [5, 5.41) is 5.73. The highest BCUT2D eigenvalue weighted by atomic mass is 19.4. The van der Waals surface area contributed by atoms with Crippen molar-refractivity contribution in [1.82, 2.24) is 20.1 Å². The second kappa shape index (κ2) is 9.64. The Morgan fingerprint density at radius 2 is 1.68 bits per heavy atom. The first-order valence-corrected chi connectivity index (χ1v) is 10.8. The molecule has 0 radical (unpaired) electrons. The predicted molar refractivity (Wildman–Crippen MR) is 124 cm³/mol. The number of amides is 1. The summed E-state index contributed by atoms with van der Waals surface area (Å²) in [5.74, 6) is -1.28. The molecule has 0 aliphatic heterocycles. The van der Waals surface area contributed by atoms with E-state index in [-0.39, 0.29) is 11.5 Å². The lowest BCUT2D eigenvalue weighted by Crippen LogP contribution is -2.35. The van der Waals surface area contributed by atoms with E-state index >= 15 is 0 Å². The molecule has 0 aliphatic rings. The smallest absolute Gasteiger partial charge is 0.401 e. The number of nitrogens with zero attached hydrogens (tertiary/aromatic N) is 4. The Morgan fingerprint density at radius 1 is 1.00 bits per heavy atom. The second-order valence-corrected chi connectivity index (χ2v) is 8.53. The molecule has 0 atom stereocenters. The molecular weight excluding hydrogens is 498 g/mol. The van der Waals surface area contributed by atoms with Crippen LogP contribution in [0.1, 0.15) is 25.3 Å². The molecule has 37 heavy (non-hydrogen) atoms. The molecule has 3 heterocycles. The molecule has 194 valence electrons. The third-order valence-electron chi connectivity index (χ3n) is 5.69. The van der Waals surface area contributed by atoms with Gasteiger partial charge >= 0.3 is 6.18 Å². The lowest BCUT2D eigenvalue weighted by atomic mass is 9.89. The number of ether oxygens (including phenoxy) is 2. The fourth-order valence-corrected chi connectivity index (χ4v) is 3.32. The number of hydrogen-bond acceptors (Lipinski definition) is 8. The first-order valence-electron chi connectivity index (χ1n) is 10.8. The summed E-state index contributed by atoms with van der Waals surface area (Å²) in [6.45, 7) is 1.85. The Hall–Kier alpha value is -4.29. The number of methoxy groups -OCH3 is 2. The van der Waals surface area contributed by atoms with Gasteiger partial charge in [0.15, 0.2) is 23.1 Å². The molecule has 0 aliphatic carbocycles. The quantitative estimate of drug-likeness (QED) is 0.345. The van der Waals surface area contributed by atoms with Crippen molar-refractivity contribution in [3.63, 3.8) is 0 Å². The van der Waals surface area contributed by atoms with Gasteiger partial charge in [0.2, 0.25) is 5.91 Å². The summed E-state index contributed by atoms with van der Waals surface area (Å²) < 4.78 is 69.6. The number of pyridine rings is 1. The van der Waals surface area contributed by atoms with E-state index in [1.807, 2.05) is 0 Å². The highest BCUT2D eigenvalue weighted by molar-refractivity contribution is 5.91. The maximum absolute atomic E-state index is 14.8. The molecule has 0 bridgehead atoms. The molecule has 0 fully saturated rings. The van der Waals surface area contributed by atoms with Crippen LogP contribution in [0.25, 0.3) is 22.3 Å². The molecule has 9 nitrogen and oxygen atoms in total. The van der Waals surface area contributed by atoms with Gasteiger partial charge in [0.1, 0.15) is 11.2 Å². The molecule has 1 amide bonds. The number of aromatic nitrogens is 4. The van der Waals surface area contributed by atoms with Gasteiger partial charge in [-0.3, -0.25) is 14.8 Å².